The first-order valence-corrected chi connectivity index (χ1v) is 5.83. The molecule has 0 heterocycles. The zero-order valence-electron chi connectivity index (χ0n) is 9.13. The third-order valence-electron chi connectivity index (χ3n) is 3.31. The highest BCUT2D eigenvalue weighted by atomic mass is 16.3. The molecular formula is C12H24O. The molecule has 1 nitrogen and oxygen atoms in total. The maximum Gasteiger partial charge on any atom is 0.0433 e. The Hall–Kier alpha value is -0.0400. The molecule has 0 radical (unpaired) electrons. The van der Waals surface area contributed by atoms with Gasteiger partial charge in [-0.15, -0.1) is 0 Å². The van der Waals surface area contributed by atoms with Crippen LogP contribution in [-0.4, -0.2) is 11.7 Å². The first kappa shape index (κ1) is 11.0. The molecule has 0 amide bonds. The lowest BCUT2D eigenvalue weighted by atomic mass is 9.77. The second-order valence-electron chi connectivity index (χ2n) is 5.03. The van der Waals surface area contributed by atoms with Crippen LogP contribution < -0.4 is 0 Å². The summed E-state index contributed by atoms with van der Waals surface area (Å²) in [6.07, 6.45) is 7.97. The Balaban J connectivity index is 2.15. The molecule has 1 rings (SSSR count). The number of aliphatic hydroxyl groups is 1. The van der Waals surface area contributed by atoms with Gasteiger partial charge in [0.15, 0.2) is 0 Å². The van der Waals surface area contributed by atoms with E-state index in [4.69, 9.17) is 5.11 Å². The van der Waals surface area contributed by atoms with Gasteiger partial charge in [-0.2, -0.15) is 0 Å². The predicted molar refractivity (Wildman–Crippen MR) is 56.6 cm³/mol. The van der Waals surface area contributed by atoms with Gasteiger partial charge >= 0.3 is 0 Å². The Morgan fingerprint density at radius 3 is 2.08 bits per heavy atom. The summed E-state index contributed by atoms with van der Waals surface area (Å²) in [7, 11) is 0. The van der Waals surface area contributed by atoms with Crippen LogP contribution in [-0.2, 0) is 0 Å². The van der Waals surface area contributed by atoms with E-state index < -0.39 is 0 Å². The molecule has 0 aliphatic heterocycles. The molecule has 0 spiro atoms. The van der Waals surface area contributed by atoms with E-state index in [1.165, 1.54) is 32.1 Å². The van der Waals surface area contributed by atoms with Crippen molar-refractivity contribution in [1.82, 2.24) is 0 Å². The van der Waals surface area contributed by atoms with Crippen LogP contribution in [0, 0.1) is 17.8 Å². The van der Waals surface area contributed by atoms with Crippen LogP contribution in [0.25, 0.3) is 0 Å². The van der Waals surface area contributed by atoms with Crippen molar-refractivity contribution in [3.8, 4) is 0 Å². The Morgan fingerprint density at radius 1 is 1.08 bits per heavy atom. The van der Waals surface area contributed by atoms with E-state index in [-0.39, 0.29) is 0 Å². The molecule has 78 valence electrons. The van der Waals surface area contributed by atoms with E-state index in [2.05, 4.69) is 13.8 Å². The largest absolute Gasteiger partial charge is 0.396 e. The van der Waals surface area contributed by atoms with E-state index in [9.17, 15) is 0 Å². The average molecular weight is 184 g/mol. The molecule has 1 fully saturated rings. The highest BCUT2D eigenvalue weighted by Gasteiger charge is 2.20. The molecule has 1 saturated carbocycles. The van der Waals surface area contributed by atoms with Crippen LogP contribution in [0.2, 0.25) is 0 Å². The summed E-state index contributed by atoms with van der Waals surface area (Å²) in [4.78, 5) is 0. The topological polar surface area (TPSA) is 20.2 Å². The van der Waals surface area contributed by atoms with Gasteiger partial charge in [-0.1, -0.05) is 39.5 Å². The molecule has 1 N–H and O–H groups in total. The van der Waals surface area contributed by atoms with Crippen LogP contribution in [0.4, 0.5) is 0 Å². The van der Waals surface area contributed by atoms with Crippen molar-refractivity contribution in [3.05, 3.63) is 0 Å². The third kappa shape index (κ3) is 4.12. The molecule has 1 aliphatic carbocycles. The van der Waals surface area contributed by atoms with E-state index in [0.717, 1.165) is 24.2 Å². The normalized spacial score (nSPS) is 29.5. The smallest absolute Gasteiger partial charge is 0.0433 e. The lowest BCUT2D eigenvalue weighted by Crippen LogP contribution is -2.16. The Labute approximate surface area is 82.5 Å². The van der Waals surface area contributed by atoms with E-state index in [1.54, 1.807) is 0 Å². The van der Waals surface area contributed by atoms with Crippen molar-refractivity contribution in [2.24, 2.45) is 17.8 Å². The number of hydrogen-bond acceptors (Lipinski definition) is 1. The molecule has 0 bridgehead atoms. The number of hydrogen-bond donors (Lipinski definition) is 1. The first-order chi connectivity index (χ1) is 6.22. The summed E-state index contributed by atoms with van der Waals surface area (Å²) in [5.74, 6) is 2.67. The zero-order chi connectivity index (χ0) is 9.68. The van der Waals surface area contributed by atoms with Crippen LogP contribution >= 0.6 is 0 Å². The minimum atomic E-state index is 0.388. The Kier molecular flexibility index (Phi) is 4.79. The first-order valence-electron chi connectivity index (χ1n) is 5.83. The van der Waals surface area contributed by atoms with Gasteiger partial charge in [0.1, 0.15) is 0 Å². The quantitative estimate of drug-likeness (QED) is 0.711. The second kappa shape index (κ2) is 5.64. The molecule has 0 atom stereocenters. The predicted octanol–water partition coefficient (Wildman–Crippen LogP) is 3.22. The molecule has 0 aromatic rings. The van der Waals surface area contributed by atoms with Crippen LogP contribution in [0.5, 0.6) is 0 Å². The van der Waals surface area contributed by atoms with Crippen LogP contribution in [0.1, 0.15) is 52.4 Å². The minimum Gasteiger partial charge on any atom is -0.396 e. The van der Waals surface area contributed by atoms with E-state index in [0.29, 0.717) is 6.61 Å². The van der Waals surface area contributed by atoms with Gasteiger partial charge in [0, 0.05) is 6.61 Å². The van der Waals surface area contributed by atoms with Gasteiger partial charge in [-0.25, -0.2) is 0 Å². The van der Waals surface area contributed by atoms with Crippen molar-refractivity contribution in [1.29, 1.82) is 0 Å². The third-order valence-corrected chi connectivity index (χ3v) is 3.31. The molecule has 0 aromatic heterocycles. The maximum absolute atomic E-state index is 8.83. The van der Waals surface area contributed by atoms with Crippen molar-refractivity contribution in [2.45, 2.75) is 52.4 Å². The fraction of sp³-hybridized carbons (Fsp3) is 1.00. The fourth-order valence-corrected chi connectivity index (χ4v) is 2.61. The summed E-state index contributed by atoms with van der Waals surface area (Å²) >= 11 is 0. The summed E-state index contributed by atoms with van der Waals surface area (Å²) in [5.41, 5.74) is 0. The van der Waals surface area contributed by atoms with Crippen LogP contribution in [0.3, 0.4) is 0 Å². The standard InChI is InChI=1S/C12H24O/c1-10(2)9-12-5-3-11(4-6-12)7-8-13/h10-13H,3-9H2,1-2H3. The van der Waals surface area contributed by atoms with Gasteiger partial charge < -0.3 is 5.11 Å². The highest BCUT2D eigenvalue weighted by molar-refractivity contribution is 4.73. The second-order valence-corrected chi connectivity index (χ2v) is 5.03. The molecule has 13 heavy (non-hydrogen) atoms. The van der Waals surface area contributed by atoms with Crippen molar-refractivity contribution in [2.75, 3.05) is 6.61 Å². The molecular weight excluding hydrogens is 160 g/mol. The average Bonchev–Trinajstić information content (AvgIpc) is 2.08. The molecule has 0 saturated heterocycles. The van der Waals surface area contributed by atoms with Crippen molar-refractivity contribution in [3.63, 3.8) is 0 Å². The van der Waals surface area contributed by atoms with Gasteiger partial charge in [0.25, 0.3) is 0 Å². The molecule has 0 aromatic carbocycles. The maximum atomic E-state index is 8.83. The van der Waals surface area contributed by atoms with Gasteiger partial charge in [-0.05, 0) is 30.6 Å². The zero-order valence-corrected chi connectivity index (χ0v) is 9.13. The SMILES string of the molecule is CC(C)CC1CCC(CCO)CC1. The van der Waals surface area contributed by atoms with Crippen molar-refractivity contribution < 1.29 is 5.11 Å². The lowest BCUT2D eigenvalue weighted by molar-refractivity contribution is 0.195. The van der Waals surface area contributed by atoms with E-state index >= 15 is 0 Å². The molecule has 1 heteroatoms. The summed E-state index contributed by atoms with van der Waals surface area (Å²) in [6, 6.07) is 0. The van der Waals surface area contributed by atoms with Gasteiger partial charge in [0.05, 0.1) is 0 Å². The fourth-order valence-electron chi connectivity index (χ4n) is 2.61. The summed E-state index contributed by atoms with van der Waals surface area (Å²) in [6.45, 7) is 5.03. The summed E-state index contributed by atoms with van der Waals surface area (Å²) < 4.78 is 0. The van der Waals surface area contributed by atoms with Crippen LogP contribution in [0.15, 0.2) is 0 Å². The van der Waals surface area contributed by atoms with E-state index in [1.807, 2.05) is 0 Å². The molecule has 0 unspecified atom stereocenters. The Morgan fingerprint density at radius 2 is 1.62 bits per heavy atom. The lowest BCUT2D eigenvalue weighted by Gasteiger charge is -2.29. The Bertz CT molecular complexity index is 123. The van der Waals surface area contributed by atoms with Gasteiger partial charge in [0.2, 0.25) is 0 Å². The van der Waals surface area contributed by atoms with Crippen molar-refractivity contribution >= 4 is 0 Å². The number of aliphatic hydroxyl groups excluding tert-OH is 1. The molecule has 1 aliphatic rings. The van der Waals surface area contributed by atoms with Gasteiger partial charge in [-0.3, -0.25) is 0 Å². The number of rotatable bonds is 4. The minimum absolute atomic E-state index is 0.388. The highest BCUT2D eigenvalue weighted by Crippen LogP contribution is 2.33. The summed E-state index contributed by atoms with van der Waals surface area (Å²) in [5, 5.41) is 8.83. The monoisotopic (exact) mass is 184 g/mol.